The molecule has 0 aliphatic rings. The van der Waals surface area contributed by atoms with Gasteiger partial charge in [-0.05, 0) is 30.7 Å². The molecule has 0 heterocycles. The number of nitrogens with one attached hydrogen (secondary N) is 1. The number of primary amides is 1. The fourth-order valence-corrected chi connectivity index (χ4v) is 1.85. The highest BCUT2D eigenvalue weighted by molar-refractivity contribution is 5.94. The summed E-state index contributed by atoms with van der Waals surface area (Å²) >= 11 is 0. The van der Waals surface area contributed by atoms with E-state index in [1.165, 1.54) is 17.7 Å². The van der Waals surface area contributed by atoms with Gasteiger partial charge >= 0.3 is 0 Å². The summed E-state index contributed by atoms with van der Waals surface area (Å²) in [6.45, 7) is 2.62. The van der Waals surface area contributed by atoms with Crippen LogP contribution in [-0.2, 0) is 6.54 Å². The smallest absolute Gasteiger partial charge is 0.251 e. The molecule has 0 aliphatic heterocycles. The van der Waals surface area contributed by atoms with E-state index >= 15 is 0 Å². The molecule has 0 aliphatic carbocycles. The number of anilines is 1. The highest BCUT2D eigenvalue weighted by Gasteiger charge is 2.08. The Hall–Kier alpha value is -2.36. The second kappa shape index (κ2) is 5.52. The lowest BCUT2D eigenvalue weighted by Crippen LogP contribution is -2.13. The van der Waals surface area contributed by atoms with Gasteiger partial charge < -0.3 is 11.1 Å². The molecule has 3 N–H and O–H groups in total. The minimum absolute atomic E-state index is 0.103. The molecular weight excluding hydrogens is 243 g/mol. The lowest BCUT2D eigenvalue weighted by Gasteiger charge is -2.08. The molecule has 0 unspecified atom stereocenters. The zero-order chi connectivity index (χ0) is 13.8. The number of hydrogen-bond acceptors (Lipinski definition) is 2. The Morgan fingerprint density at radius 1 is 1.26 bits per heavy atom. The summed E-state index contributed by atoms with van der Waals surface area (Å²) in [5, 5.41) is 3.14. The maximum atomic E-state index is 13.3. The van der Waals surface area contributed by atoms with Crippen molar-refractivity contribution in [2.24, 2.45) is 5.73 Å². The average molecular weight is 258 g/mol. The highest BCUT2D eigenvalue weighted by atomic mass is 19.1. The predicted molar refractivity (Wildman–Crippen MR) is 73.4 cm³/mol. The number of carbonyl (C=O) groups excluding carboxylic acids is 1. The van der Waals surface area contributed by atoms with Crippen LogP contribution in [0.1, 0.15) is 21.5 Å². The number of nitrogens with two attached hydrogens (primary N) is 1. The summed E-state index contributed by atoms with van der Waals surface area (Å²) in [7, 11) is 0. The summed E-state index contributed by atoms with van der Waals surface area (Å²) in [5.41, 5.74) is 7.96. The summed E-state index contributed by atoms with van der Waals surface area (Å²) in [6, 6.07) is 12.3. The van der Waals surface area contributed by atoms with E-state index in [0.717, 1.165) is 5.56 Å². The van der Waals surface area contributed by atoms with E-state index in [1.54, 1.807) is 6.07 Å². The molecule has 0 atom stereocenters. The standard InChI is InChI=1S/C15H15FN2O/c1-10-3-2-4-11(7-10)9-18-12-5-6-14(16)13(8-12)15(17)19/h2-8,18H,9H2,1H3,(H2,17,19). The largest absolute Gasteiger partial charge is 0.381 e. The van der Waals surface area contributed by atoms with E-state index < -0.39 is 11.7 Å². The van der Waals surface area contributed by atoms with E-state index in [9.17, 15) is 9.18 Å². The van der Waals surface area contributed by atoms with Gasteiger partial charge in [0.2, 0.25) is 0 Å². The van der Waals surface area contributed by atoms with Crippen molar-refractivity contribution >= 4 is 11.6 Å². The molecule has 3 nitrogen and oxygen atoms in total. The van der Waals surface area contributed by atoms with Gasteiger partial charge in [-0.15, -0.1) is 0 Å². The van der Waals surface area contributed by atoms with Crippen molar-refractivity contribution in [2.45, 2.75) is 13.5 Å². The number of benzene rings is 2. The Morgan fingerprint density at radius 2 is 2.05 bits per heavy atom. The molecule has 0 saturated carbocycles. The first-order valence-electron chi connectivity index (χ1n) is 5.95. The van der Waals surface area contributed by atoms with E-state index in [0.29, 0.717) is 12.2 Å². The Labute approximate surface area is 111 Å². The van der Waals surface area contributed by atoms with Crippen molar-refractivity contribution in [1.29, 1.82) is 0 Å². The van der Waals surface area contributed by atoms with E-state index in [4.69, 9.17) is 5.73 Å². The number of amides is 1. The van der Waals surface area contributed by atoms with Crippen LogP contribution in [0.15, 0.2) is 42.5 Å². The normalized spacial score (nSPS) is 10.2. The quantitative estimate of drug-likeness (QED) is 0.886. The van der Waals surface area contributed by atoms with E-state index in [1.807, 2.05) is 25.1 Å². The van der Waals surface area contributed by atoms with Crippen LogP contribution in [0.25, 0.3) is 0 Å². The molecule has 0 bridgehead atoms. The number of carbonyl (C=O) groups is 1. The number of halogens is 1. The highest BCUT2D eigenvalue weighted by Crippen LogP contribution is 2.15. The number of aryl methyl sites for hydroxylation is 1. The van der Waals surface area contributed by atoms with Crippen LogP contribution in [-0.4, -0.2) is 5.91 Å². The molecule has 2 aromatic carbocycles. The fourth-order valence-electron chi connectivity index (χ4n) is 1.85. The molecule has 0 radical (unpaired) electrons. The van der Waals surface area contributed by atoms with Crippen molar-refractivity contribution in [1.82, 2.24) is 0 Å². The van der Waals surface area contributed by atoms with Gasteiger partial charge in [0.1, 0.15) is 5.82 Å². The van der Waals surface area contributed by atoms with Crippen LogP contribution >= 0.6 is 0 Å². The van der Waals surface area contributed by atoms with E-state index in [2.05, 4.69) is 11.4 Å². The molecule has 0 fully saturated rings. The summed E-state index contributed by atoms with van der Waals surface area (Å²) in [6.07, 6.45) is 0. The molecule has 98 valence electrons. The van der Waals surface area contributed by atoms with Gasteiger partial charge in [0.05, 0.1) is 5.56 Å². The molecular formula is C15H15FN2O. The summed E-state index contributed by atoms with van der Waals surface area (Å²) < 4.78 is 13.3. The van der Waals surface area contributed by atoms with Crippen molar-refractivity contribution in [3.63, 3.8) is 0 Å². The first kappa shape index (κ1) is 13.1. The minimum atomic E-state index is -0.767. The molecule has 19 heavy (non-hydrogen) atoms. The molecule has 2 aromatic rings. The van der Waals surface area contributed by atoms with Crippen molar-refractivity contribution in [3.8, 4) is 0 Å². The second-order valence-corrected chi connectivity index (χ2v) is 4.40. The van der Waals surface area contributed by atoms with Crippen LogP contribution in [0.5, 0.6) is 0 Å². The van der Waals surface area contributed by atoms with Gasteiger partial charge in [-0.25, -0.2) is 4.39 Å². The Morgan fingerprint density at radius 3 is 2.74 bits per heavy atom. The maximum absolute atomic E-state index is 13.3. The van der Waals surface area contributed by atoms with Crippen LogP contribution in [0, 0.1) is 12.7 Å². The molecule has 2 rings (SSSR count). The molecule has 0 saturated heterocycles. The van der Waals surface area contributed by atoms with Gasteiger partial charge in [-0.1, -0.05) is 29.8 Å². The zero-order valence-electron chi connectivity index (χ0n) is 10.6. The minimum Gasteiger partial charge on any atom is -0.381 e. The maximum Gasteiger partial charge on any atom is 0.251 e. The second-order valence-electron chi connectivity index (χ2n) is 4.40. The molecule has 0 aromatic heterocycles. The number of rotatable bonds is 4. The number of hydrogen-bond donors (Lipinski definition) is 2. The van der Waals surface area contributed by atoms with Crippen molar-refractivity contribution in [2.75, 3.05) is 5.32 Å². The van der Waals surface area contributed by atoms with E-state index in [-0.39, 0.29) is 5.56 Å². The van der Waals surface area contributed by atoms with Gasteiger partial charge in [-0.3, -0.25) is 4.79 Å². The molecule has 1 amide bonds. The first-order valence-corrected chi connectivity index (χ1v) is 5.95. The van der Waals surface area contributed by atoms with Crippen LogP contribution in [0.4, 0.5) is 10.1 Å². The van der Waals surface area contributed by atoms with Gasteiger partial charge in [0, 0.05) is 12.2 Å². The average Bonchev–Trinajstić information content (AvgIpc) is 2.37. The topological polar surface area (TPSA) is 55.1 Å². The van der Waals surface area contributed by atoms with Crippen molar-refractivity contribution in [3.05, 3.63) is 65.0 Å². The summed E-state index contributed by atoms with van der Waals surface area (Å²) in [5.74, 6) is -1.37. The molecule has 0 spiro atoms. The van der Waals surface area contributed by atoms with Crippen LogP contribution in [0.3, 0.4) is 0 Å². The van der Waals surface area contributed by atoms with Crippen LogP contribution in [0.2, 0.25) is 0 Å². The Kier molecular flexibility index (Phi) is 3.80. The summed E-state index contributed by atoms with van der Waals surface area (Å²) in [4.78, 5) is 11.0. The SMILES string of the molecule is Cc1cccc(CNc2ccc(F)c(C(N)=O)c2)c1. The Bertz CT molecular complexity index is 611. The molecule has 4 heteroatoms. The fraction of sp³-hybridized carbons (Fsp3) is 0.133. The third-order valence-electron chi connectivity index (χ3n) is 2.81. The first-order chi connectivity index (χ1) is 9.06. The predicted octanol–water partition coefficient (Wildman–Crippen LogP) is 2.85. The monoisotopic (exact) mass is 258 g/mol. The van der Waals surface area contributed by atoms with Crippen molar-refractivity contribution < 1.29 is 9.18 Å². The van der Waals surface area contributed by atoms with Gasteiger partial charge in [-0.2, -0.15) is 0 Å². The lowest BCUT2D eigenvalue weighted by atomic mass is 10.1. The third kappa shape index (κ3) is 3.31. The zero-order valence-corrected chi connectivity index (χ0v) is 10.6. The van der Waals surface area contributed by atoms with Gasteiger partial charge in [0.15, 0.2) is 0 Å². The lowest BCUT2D eigenvalue weighted by molar-refractivity contribution is 0.0996. The Balaban J connectivity index is 2.12. The van der Waals surface area contributed by atoms with Gasteiger partial charge in [0.25, 0.3) is 5.91 Å². The van der Waals surface area contributed by atoms with Crippen LogP contribution < -0.4 is 11.1 Å². The third-order valence-corrected chi connectivity index (χ3v) is 2.81.